The summed E-state index contributed by atoms with van der Waals surface area (Å²) in [6, 6.07) is 5.00. The van der Waals surface area contributed by atoms with Gasteiger partial charge in [0.2, 0.25) is 17.7 Å². The summed E-state index contributed by atoms with van der Waals surface area (Å²) >= 11 is 0. The van der Waals surface area contributed by atoms with Crippen molar-refractivity contribution in [3.63, 3.8) is 0 Å². The summed E-state index contributed by atoms with van der Waals surface area (Å²) in [6.45, 7) is 12.8. The smallest absolute Gasteiger partial charge is 0.408 e. The molecule has 1 aromatic rings. The normalized spacial score (nSPS) is 13.9. The molecule has 3 unspecified atom stereocenters. The van der Waals surface area contributed by atoms with E-state index in [1.807, 2.05) is 32.9 Å². The van der Waals surface area contributed by atoms with Crippen LogP contribution in [0.4, 0.5) is 4.79 Å². The van der Waals surface area contributed by atoms with E-state index in [-0.39, 0.29) is 18.5 Å². The molecule has 3 atom stereocenters. The van der Waals surface area contributed by atoms with Crippen molar-refractivity contribution in [3.05, 3.63) is 35.4 Å². The number of rotatable bonds is 11. The monoisotopic (exact) mass is 476 g/mol. The van der Waals surface area contributed by atoms with Crippen LogP contribution in [0.25, 0.3) is 0 Å². The van der Waals surface area contributed by atoms with Gasteiger partial charge in [0, 0.05) is 12.6 Å². The molecule has 190 valence electrons. The molecule has 4 amide bonds. The second-order valence-electron chi connectivity index (χ2n) is 9.45. The molecule has 0 saturated heterocycles. The van der Waals surface area contributed by atoms with Crippen LogP contribution in [0, 0.1) is 6.92 Å². The van der Waals surface area contributed by atoms with Gasteiger partial charge in [0.05, 0.1) is 6.42 Å². The summed E-state index contributed by atoms with van der Waals surface area (Å²) in [7, 11) is 0. The maximum atomic E-state index is 13.6. The van der Waals surface area contributed by atoms with Crippen molar-refractivity contribution in [2.75, 3.05) is 6.54 Å². The van der Waals surface area contributed by atoms with E-state index < -0.39 is 42.0 Å². The average molecular weight is 477 g/mol. The van der Waals surface area contributed by atoms with E-state index in [1.165, 1.54) is 4.90 Å². The number of hydrogen-bond acceptors (Lipinski definition) is 5. The summed E-state index contributed by atoms with van der Waals surface area (Å²) in [5.41, 5.74) is 6.06. The predicted octanol–water partition coefficient (Wildman–Crippen LogP) is 2.96. The van der Waals surface area contributed by atoms with Crippen molar-refractivity contribution < 1.29 is 23.9 Å². The van der Waals surface area contributed by atoms with E-state index in [0.29, 0.717) is 5.56 Å². The van der Waals surface area contributed by atoms with Gasteiger partial charge in [-0.15, -0.1) is 0 Å². The zero-order valence-corrected chi connectivity index (χ0v) is 21.4. The fraction of sp³-hybridized carbons (Fsp3) is 0.600. The number of nitrogens with zero attached hydrogens (tertiary/aromatic N) is 1. The highest BCUT2D eigenvalue weighted by atomic mass is 16.6. The minimum absolute atomic E-state index is 0.0841. The molecule has 1 rings (SSSR count). The number of benzene rings is 1. The van der Waals surface area contributed by atoms with Crippen LogP contribution < -0.4 is 16.4 Å². The second-order valence-corrected chi connectivity index (χ2v) is 9.45. The lowest BCUT2D eigenvalue weighted by Crippen LogP contribution is -2.54. The van der Waals surface area contributed by atoms with Crippen LogP contribution in [0.5, 0.6) is 0 Å². The van der Waals surface area contributed by atoms with Crippen molar-refractivity contribution in [3.8, 4) is 0 Å². The van der Waals surface area contributed by atoms with Crippen LogP contribution in [0.1, 0.15) is 78.0 Å². The number of alkyl carbamates (subject to hydrolysis) is 1. The summed E-state index contributed by atoms with van der Waals surface area (Å²) in [6.07, 6.45) is 0.407. The second kappa shape index (κ2) is 13.0. The van der Waals surface area contributed by atoms with E-state index in [2.05, 4.69) is 10.6 Å². The minimum Gasteiger partial charge on any atom is -0.444 e. The van der Waals surface area contributed by atoms with Gasteiger partial charge in [-0.3, -0.25) is 14.4 Å². The molecule has 0 heterocycles. The highest BCUT2D eigenvalue weighted by Crippen LogP contribution is 2.26. The maximum Gasteiger partial charge on any atom is 0.408 e. The van der Waals surface area contributed by atoms with Crippen LogP contribution in [0.3, 0.4) is 0 Å². The number of hydrogen-bond donors (Lipinski definition) is 3. The Balaban J connectivity index is 3.38. The number of nitrogens with two attached hydrogens (primary N) is 1. The average Bonchev–Trinajstić information content (AvgIpc) is 2.70. The number of carbonyl (C=O) groups is 4. The Morgan fingerprint density at radius 2 is 1.71 bits per heavy atom. The fourth-order valence-electron chi connectivity index (χ4n) is 3.69. The highest BCUT2D eigenvalue weighted by molar-refractivity contribution is 5.94. The van der Waals surface area contributed by atoms with Crippen molar-refractivity contribution in [1.29, 1.82) is 0 Å². The van der Waals surface area contributed by atoms with Crippen LogP contribution >= 0.6 is 0 Å². The molecule has 9 heteroatoms. The molecule has 0 fully saturated rings. The summed E-state index contributed by atoms with van der Waals surface area (Å²) in [5.74, 6) is -1.70. The van der Waals surface area contributed by atoms with E-state index in [4.69, 9.17) is 10.5 Å². The summed E-state index contributed by atoms with van der Waals surface area (Å²) in [4.78, 5) is 52.5. The molecule has 0 spiro atoms. The first kappa shape index (κ1) is 28.9. The number of amides is 4. The largest absolute Gasteiger partial charge is 0.444 e. The third-order valence-corrected chi connectivity index (χ3v) is 5.17. The third kappa shape index (κ3) is 9.03. The van der Waals surface area contributed by atoms with Gasteiger partial charge in [-0.1, -0.05) is 37.6 Å². The van der Waals surface area contributed by atoms with Gasteiger partial charge in [-0.2, -0.15) is 0 Å². The zero-order chi connectivity index (χ0) is 26.1. The molecule has 9 nitrogen and oxygen atoms in total. The first-order chi connectivity index (χ1) is 15.8. The van der Waals surface area contributed by atoms with Crippen LogP contribution in [0.2, 0.25) is 0 Å². The minimum atomic E-state index is -1.28. The molecule has 0 radical (unpaired) electrons. The number of ether oxygens (including phenoxy) is 1. The number of primary amides is 1. The molecule has 34 heavy (non-hydrogen) atoms. The third-order valence-electron chi connectivity index (χ3n) is 5.17. The van der Waals surface area contributed by atoms with Crippen LogP contribution in [-0.2, 0) is 19.1 Å². The number of aryl methyl sites for hydroxylation is 1. The van der Waals surface area contributed by atoms with Crippen molar-refractivity contribution >= 4 is 23.8 Å². The predicted molar refractivity (Wildman–Crippen MR) is 131 cm³/mol. The molecule has 0 aliphatic heterocycles. The summed E-state index contributed by atoms with van der Waals surface area (Å²) in [5, 5.41) is 5.45. The molecular formula is C25H40N4O5. The number of nitrogens with one attached hydrogen (secondary N) is 2. The van der Waals surface area contributed by atoms with Gasteiger partial charge in [0.25, 0.3) is 0 Å². The molecular weight excluding hydrogens is 436 g/mol. The standard InChI is InChI=1S/C25H40N4O5/c1-8-12-17(4)27-22(31)21(18-14-11-10-13-16(18)3)29(9-2)23(32)19(15-20(26)30)28-24(33)34-25(5,6)7/h10-11,13-14,17,19,21H,8-9,12,15H2,1-7H3,(H2,26,30)(H,27,31)(H,28,33). The lowest BCUT2D eigenvalue weighted by atomic mass is 9.97. The molecule has 0 aromatic heterocycles. The van der Waals surface area contributed by atoms with Gasteiger partial charge >= 0.3 is 6.09 Å². The Labute approximate surface area is 202 Å². The molecule has 1 aromatic carbocycles. The number of carbonyl (C=O) groups excluding carboxylic acids is 4. The number of likely N-dealkylation sites (N-methyl/N-ethyl adjacent to an activating group) is 1. The van der Waals surface area contributed by atoms with Gasteiger partial charge in [0.1, 0.15) is 17.7 Å². The Bertz CT molecular complexity index is 865. The van der Waals surface area contributed by atoms with Crippen LogP contribution in [-0.4, -0.2) is 52.9 Å². The van der Waals surface area contributed by atoms with E-state index in [1.54, 1.807) is 39.8 Å². The van der Waals surface area contributed by atoms with E-state index in [9.17, 15) is 19.2 Å². The molecule has 4 N–H and O–H groups in total. The highest BCUT2D eigenvalue weighted by Gasteiger charge is 2.37. The maximum absolute atomic E-state index is 13.6. The quantitative estimate of drug-likeness (QED) is 0.452. The topological polar surface area (TPSA) is 131 Å². The van der Waals surface area contributed by atoms with Gasteiger partial charge in [-0.25, -0.2) is 4.79 Å². The Hall–Kier alpha value is -3.10. The van der Waals surface area contributed by atoms with Crippen molar-refractivity contribution in [1.82, 2.24) is 15.5 Å². The lowest BCUT2D eigenvalue weighted by molar-refractivity contribution is -0.143. The van der Waals surface area contributed by atoms with E-state index in [0.717, 1.165) is 18.4 Å². The van der Waals surface area contributed by atoms with Gasteiger partial charge < -0.3 is 26.0 Å². The Morgan fingerprint density at radius 3 is 2.21 bits per heavy atom. The van der Waals surface area contributed by atoms with E-state index >= 15 is 0 Å². The van der Waals surface area contributed by atoms with Crippen molar-refractivity contribution in [2.24, 2.45) is 5.73 Å². The van der Waals surface area contributed by atoms with Crippen LogP contribution in [0.15, 0.2) is 24.3 Å². The first-order valence-corrected chi connectivity index (χ1v) is 11.7. The Morgan fingerprint density at radius 1 is 1.09 bits per heavy atom. The SMILES string of the molecule is CCCC(C)NC(=O)C(c1ccccc1C)N(CC)C(=O)C(CC(N)=O)NC(=O)OC(C)(C)C. The molecule has 0 saturated carbocycles. The summed E-state index contributed by atoms with van der Waals surface area (Å²) < 4.78 is 5.25. The zero-order valence-electron chi connectivity index (χ0n) is 21.4. The fourth-order valence-corrected chi connectivity index (χ4v) is 3.69. The molecule has 0 aliphatic carbocycles. The molecule has 0 aliphatic rings. The van der Waals surface area contributed by atoms with Gasteiger partial charge in [-0.05, 0) is 59.1 Å². The van der Waals surface area contributed by atoms with Gasteiger partial charge in [0.15, 0.2) is 0 Å². The Kier molecular flexibility index (Phi) is 11.0. The van der Waals surface area contributed by atoms with Crippen molar-refractivity contribution in [2.45, 2.75) is 91.5 Å². The molecule has 0 bridgehead atoms. The first-order valence-electron chi connectivity index (χ1n) is 11.7. The lowest BCUT2D eigenvalue weighted by Gasteiger charge is -2.34.